The average Bonchev–Trinajstić information content (AvgIpc) is 3.24. The van der Waals surface area contributed by atoms with Crippen LogP contribution in [0.25, 0.3) is 0 Å². The number of nitrogens with zero attached hydrogens (tertiary/aromatic N) is 2. The van der Waals surface area contributed by atoms with Gasteiger partial charge in [-0.15, -0.1) is 0 Å². The Bertz CT molecular complexity index is 644. The number of nitrogens with one attached hydrogen (secondary N) is 2. The molecule has 1 heterocycles. The minimum Gasteiger partial charge on any atom is -0.360 e. The number of aromatic nitrogens is 2. The summed E-state index contributed by atoms with van der Waals surface area (Å²) < 4.78 is 2.02. The normalized spacial score (nSPS) is 14.0. The van der Waals surface area contributed by atoms with Gasteiger partial charge >= 0.3 is 0 Å². The lowest BCUT2D eigenvalue weighted by atomic mass is 10.2. The summed E-state index contributed by atoms with van der Waals surface area (Å²) in [4.78, 5) is 0. The van der Waals surface area contributed by atoms with Crippen molar-refractivity contribution in [2.45, 2.75) is 39.3 Å². The monoisotopic (exact) mass is 300 g/mol. The van der Waals surface area contributed by atoms with Crippen LogP contribution in [0.2, 0.25) is 0 Å². The second kappa shape index (κ2) is 5.85. The quantitative estimate of drug-likeness (QED) is 0.852. The zero-order valence-electron chi connectivity index (χ0n) is 12.4. The molecule has 0 radical (unpaired) electrons. The van der Waals surface area contributed by atoms with Crippen LogP contribution >= 0.6 is 12.2 Å². The topological polar surface area (TPSA) is 41.9 Å². The highest BCUT2D eigenvalue weighted by Crippen LogP contribution is 2.22. The maximum absolute atomic E-state index is 5.35. The van der Waals surface area contributed by atoms with E-state index in [1.165, 1.54) is 18.4 Å². The molecule has 4 nitrogen and oxygen atoms in total. The minimum absolute atomic E-state index is 0.560. The van der Waals surface area contributed by atoms with Crippen LogP contribution in [-0.2, 0) is 6.54 Å². The van der Waals surface area contributed by atoms with E-state index in [4.69, 9.17) is 12.2 Å². The third-order valence-electron chi connectivity index (χ3n) is 3.71. The Morgan fingerprint density at radius 2 is 2.00 bits per heavy atom. The lowest BCUT2D eigenvalue weighted by Gasteiger charge is -2.10. The van der Waals surface area contributed by atoms with Gasteiger partial charge in [0.15, 0.2) is 5.11 Å². The van der Waals surface area contributed by atoms with Gasteiger partial charge < -0.3 is 10.6 Å². The summed E-state index contributed by atoms with van der Waals surface area (Å²) in [7, 11) is 0. The van der Waals surface area contributed by atoms with E-state index in [-0.39, 0.29) is 0 Å². The largest absolute Gasteiger partial charge is 0.360 e. The molecule has 3 rings (SSSR count). The number of anilines is 1. The second-order valence-corrected chi connectivity index (χ2v) is 5.97. The molecule has 0 saturated heterocycles. The van der Waals surface area contributed by atoms with Crippen molar-refractivity contribution < 1.29 is 0 Å². The molecule has 0 bridgehead atoms. The molecular formula is C16H20N4S. The molecule has 0 unspecified atom stereocenters. The molecule has 0 aliphatic heterocycles. The van der Waals surface area contributed by atoms with E-state index in [1.54, 1.807) is 0 Å². The summed E-state index contributed by atoms with van der Waals surface area (Å²) in [6, 6.07) is 10.9. The first-order chi connectivity index (χ1) is 10.1. The molecule has 1 aromatic carbocycles. The highest BCUT2D eigenvalue weighted by atomic mass is 32.1. The summed E-state index contributed by atoms with van der Waals surface area (Å²) >= 11 is 5.35. The third kappa shape index (κ3) is 3.42. The Hall–Kier alpha value is -1.88. The van der Waals surface area contributed by atoms with E-state index in [0.29, 0.717) is 11.2 Å². The second-order valence-electron chi connectivity index (χ2n) is 5.56. The van der Waals surface area contributed by atoms with Gasteiger partial charge in [-0.3, -0.25) is 4.68 Å². The number of thiocarbonyl (C=S) groups is 1. The van der Waals surface area contributed by atoms with Crippen molar-refractivity contribution in [3.63, 3.8) is 0 Å². The Labute approximate surface area is 130 Å². The standard InChI is InChI=1S/C16H20N4S/c1-11-15(18-16(21)17-14-8-9-14)12(2)20(19-11)10-13-6-4-3-5-7-13/h3-7,14H,8-10H2,1-2H3,(H2,17,18,21). The predicted octanol–water partition coefficient (Wildman–Crippen LogP) is 3.00. The van der Waals surface area contributed by atoms with E-state index < -0.39 is 0 Å². The molecule has 110 valence electrons. The van der Waals surface area contributed by atoms with E-state index >= 15 is 0 Å². The van der Waals surface area contributed by atoms with Crippen molar-refractivity contribution >= 4 is 23.0 Å². The molecule has 1 aliphatic carbocycles. The van der Waals surface area contributed by atoms with Crippen LogP contribution in [0.5, 0.6) is 0 Å². The summed E-state index contributed by atoms with van der Waals surface area (Å²) in [6.07, 6.45) is 2.43. The highest BCUT2D eigenvalue weighted by molar-refractivity contribution is 7.80. The Kier molecular flexibility index (Phi) is 3.92. The molecule has 2 aromatic rings. The molecule has 5 heteroatoms. The van der Waals surface area contributed by atoms with Gasteiger partial charge in [0.05, 0.1) is 23.6 Å². The molecular weight excluding hydrogens is 280 g/mol. The lowest BCUT2D eigenvalue weighted by Crippen LogP contribution is -2.30. The van der Waals surface area contributed by atoms with Gasteiger partial charge in [0, 0.05) is 6.04 Å². The van der Waals surface area contributed by atoms with Crippen LogP contribution in [0.1, 0.15) is 29.8 Å². The molecule has 0 amide bonds. The highest BCUT2D eigenvalue weighted by Gasteiger charge is 2.22. The van der Waals surface area contributed by atoms with Crippen molar-refractivity contribution in [2.75, 3.05) is 5.32 Å². The van der Waals surface area contributed by atoms with Crippen molar-refractivity contribution in [1.29, 1.82) is 0 Å². The van der Waals surface area contributed by atoms with Crippen molar-refractivity contribution in [3.05, 3.63) is 47.3 Å². The van der Waals surface area contributed by atoms with Crippen molar-refractivity contribution in [3.8, 4) is 0 Å². The Balaban J connectivity index is 1.74. The zero-order chi connectivity index (χ0) is 14.8. The average molecular weight is 300 g/mol. The summed E-state index contributed by atoms with van der Waals surface area (Å²) in [5.74, 6) is 0. The first-order valence-electron chi connectivity index (χ1n) is 7.29. The number of benzene rings is 1. The third-order valence-corrected chi connectivity index (χ3v) is 3.93. The number of hydrogen-bond acceptors (Lipinski definition) is 2. The first kappa shape index (κ1) is 14.1. The first-order valence-corrected chi connectivity index (χ1v) is 7.70. The maximum atomic E-state index is 5.35. The molecule has 1 aromatic heterocycles. The van der Waals surface area contributed by atoms with Gasteiger partial charge in [0.1, 0.15) is 0 Å². The van der Waals surface area contributed by atoms with Crippen LogP contribution in [0.15, 0.2) is 30.3 Å². The van der Waals surface area contributed by atoms with Gasteiger partial charge in [-0.2, -0.15) is 5.10 Å². The van der Waals surface area contributed by atoms with Crippen molar-refractivity contribution in [1.82, 2.24) is 15.1 Å². The van der Waals surface area contributed by atoms with Crippen molar-refractivity contribution in [2.24, 2.45) is 0 Å². The Morgan fingerprint density at radius 3 is 2.67 bits per heavy atom. The maximum Gasteiger partial charge on any atom is 0.171 e. The summed E-state index contributed by atoms with van der Waals surface area (Å²) in [5, 5.41) is 11.9. The SMILES string of the molecule is Cc1nn(Cc2ccccc2)c(C)c1NC(=S)NC1CC1. The molecule has 0 spiro atoms. The van der Waals surface area contributed by atoms with Gasteiger partial charge in [0.25, 0.3) is 0 Å². The van der Waals surface area contributed by atoms with E-state index in [0.717, 1.165) is 23.6 Å². The molecule has 1 fully saturated rings. The smallest absolute Gasteiger partial charge is 0.171 e. The molecule has 1 saturated carbocycles. The summed E-state index contributed by atoms with van der Waals surface area (Å²) in [6.45, 7) is 4.86. The fourth-order valence-corrected chi connectivity index (χ4v) is 2.62. The van der Waals surface area contributed by atoms with Gasteiger partial charge in [-0.1, -0.05) is 30.3 Å². The number of aryl methyl sites for hydroxylation is 1. The van der Waals surface area contributed by atoms with E-state index in [2.05, 4.69) is 46.9 Å². The molecule has 1 aliphatic rings. The molecule has 2 N–H and O–H groups in total. The molecule has 21 heavy (non-hydrogen) atoms. The lowest BCUT2D eigenvalue weighted by molar-refractivity contribution is 0.659. The van der Waals surface area contributed by atoms with Crippen LogP contribution in [0, 0.1) is 13.8 Å². The van der Waals surface area contributed by atoms with Gasteiger partial charge in [-0.25, -0.2) is 0 Å². The number of rotatable bonds is 4. The van der Waals surface area contributed by atoms with E-state index in [9.17, 15) is 0 Å². The summed E-state index contributed by atoms with van der Waals surface area (Å²) in [5.41, 5.74) is 4.34. The predicted molar refractivity (Wildman–Crippen MR) is 89.6 cm³/mol. The van der Waals surface area contributed by atoms with Gasteiger partial charge in [-0.05, 0) is 44.5 Å². The molecule has 0 atom stereocenters. The Morgan fingerprint density at radius 1 is 1.29 bits per heavy atom. The van der Waals surface area contributed by atoms with Crippen LogP contribution in [0.3, 0.4) is 0 Å². The van der Waals surface area contributed by atoms with Gasteiger partial charge in [0.2, 0.25) is 0 Å². The fraction of sp³-hybridized carbons (Fsp3) is 0.375. The van der Waals surface area contributed by atoms with Crippen LogP contribution in [-0.4, -0.2) is 20.9 Å². The van der Waals surface area contributed by atoms with Crippen LogP contribution < -0.4 is 10.6 Å². The van der Waals surface area contributed by atoms with Crippen LogP contribution in [0.4, 0.5) is 5.69 Å². The fourth-order valence-electron chi connectivity index (χ4n) is 2.35. The zero-order valence-corrected chi connectivity index (χ0v) is 13.2. The number of hydrogen-bond donors (Lipinski definition) is 2. The van der Waals surface area contributed by atoms with E-state index in [1.807, 2.05) is 17.7 Å². The minimum atomic E-state index is 0.560.